The molecule has 2 nitrogen and oxygen atoms in total. The second-order valence-electron chi connectivity index (χ2n) is 16.3. The number of benzene rings is 10. The van der Waals surface area contributed by atoms with Crippen molar-refractivity contribution < 1.29 is 4.42 Å². The van der Waals surface area contributed by atoms with E-state index < -0.39 is 8.07 Å². The molecule has 1 unspecified atom stereocenters. The molecule has 0 fully saturated rings. The third-order valence-electron chi connectivity index (χ3n) is 13.2. The first kappa shape index (κ1) is 35.4. The summed E-state index contributed by atoms with van der Waals surface area (Å²) >= 11 is 1.90. The average Bonchev–Trinajstić information content (AvgIpc) is 3.89. The van der Waals surface area contributed by atoms with Gasteiger partial charge in [0, 0.05) is 42.3 Å². The van der Waals surface area contributed by atoms with Crippen LogP contribution in [0.4, 0.5) is 0 Å². The van der Waals surface area contributed by atoms with E-state index in [1.807, 2.05) is 17.8 Å². The third-order valence-corrected chi connectivity index (χ3v) is 19.6. The number of hydrogen-bond donors (Lipinski definition) is 0. The van der Waals surface area contributed by atoms with E-state index in [0.717, 1.165) is 33.1 Å². The highest BCUT2D eigenvalue weighted by Gasteiger charge is 2.48. The van der Waals surface area contributed by atoms with Crippen molar-refractivity contribution in [2.45, 2.75) is 9.79 Å². The highest BCUT2D eigenvalue weighted by molar-refractivity contribution is 8.00. The number of furan rings is 1. The number of rotatable bonds is 5. The largest absolute Gasteiger partial charge is 0.455 e. The molecule has 2 aromatic heterocycles. The first-order valence-corrected chi connectivity index (χ1v) is 24.1. The summed E-state index contributed by atoms with van der Waals surface area (Å²) in [4.78, 5) is 2.61. The van der Waals surface area contributed by atoms with Crippen molar-refractivity contribution in [2.24, 2.45) is 0 Å². The van der Waals surface area contributed by atoms with Crippen molar-refractivity contribution in [1.29, 1.82) is 0 Å². The van der Waals surface area contributed by atoms with Crippen LogP contribution in [0.3, 0.4) is 0 Å². The Morgan fingerprint density at radius 3 is 1.77 bits per heavy atom. The lowest BCUT2D eigenvalue weighted by Crippen LogP contribution is -2.76. The van der Waals surface area contributed by atoms with E-state index >= 15 is 0 Å². The molecule has 1 aliphatic heterocycles. The molecule has 10 aromatic carbocycles. The Bertz CT molecular complexity index is 3680. The Morgan fingerprint density at radius 2 is 0.952 bits per heavy atom. The van der Waals surface area contributed by atoms with E-state index in [0.29, 0.717) is 0 Å². The van der Waals surface area contributed by atoms with Crippen LogP contribution in [0.1, 0.15) is 0 Å². The van der Waals surface area contributed by atoms with Crippen LogP contribution in [-0.4, -0.2) is 12.6 Å². The molecule has 0 radical (unpaired) electrons. The van der Waals surface area contributed by atoms with Gasteiger partial charge in [-0.05, 0) is 79.2 Å². The molecule has 62 heavy (non-hydrogen) atoms. The van der Waals surface area contributed by atoms with Crippen LogP contribution in [-0.2, 0) is 0 Å². The summed E-state index contributed by atoms with van der Waals surface area (Å²) in [6, 6.07) is 83.3. The van der Waals surface area contributed by atoms with Gasteiger partial charge in [0.25, 0.3) is 0 Å². The lowest BCUT2D eigenvalue weighted by atomic mass is 10.0. The lowest BCUT2D eigenvalue weighted by Gasteiger charge is -2.40. The van der Waals surface area contributed by atoms with Gasteiger partial charge in [-0.1, -0.05) is 200 Å². The summed E-state index contributed by atoms with van der Waals surface area (Å²) in [5.74, 6) is 0. The quantitative estimate of drug-likeness (QED) is 0.161. The molecule has 1 aliphatic rings. The molecule has 0 amide bonds. The Morgan fingerprint density at radius 1 is 0.371 bits per heavy atom. The Labute approximate surface area is 364 Å². The van der Waals surface area contributed by atoms with Gasteiger partial charge in [0.05, 0.1) is 16.7 Å². The van der Waals surface area contributed by atoms with Crippen LogP contribution < -0.4 is 20.7 Å². The standard InChI is InChI=1S/C58H37NOSSi/c1-2-15-38(16-3-1)39-31-34-41(35-32-39)62(55-30-14-21-45-47(55)22-13-26-51(45)59-49-24-7-4-17-43(49)44-18-5-8-25-50(44)59)56-29-11-10-28-53(56)61-54-37-40(33-36-57(54)62)42-20-12-23-48-46-19-6-9-27-52(46)60-58(42)48/h1-37H. The molecular weight excluding hydrogens is 787 g/mol. The normalized spacial score (nSPS) is 14.8. The van der Waals surface area contributed by atoms with Gasteiger partial charge >= 0.3 is 0 Å². The maximum Gasteiger partial charge on any atom is 0.182 e. The molecule has 1 atom stereocenters. The first-order valence-electron chi connectivity index (χ1n) is 21.2. The predicted octanol–water partition coefficient (Wildman–Crippen LogP) is 13.0. The van der Waals surface area contributed by atoms with E-state index in [9.17, 15) is 0 Å². The van der Waals surface area contributed by atoms with E-state index in [4.69, 9.17) is 4.42 Å². The topological polar surface area (TPSA) is 18.1 Å². The molecule has 0 bridgehead atoms. The zero-order chi connectivity index (χ0) is 40.8. The van der Waals surface area contributed by atoms with Gasteiger partial charge in [0.1, 0.15) is 11.2 Å². The summed E-state index contributed by atoms with van der Waals surface area (Å²) in [7, 11) is -3.04. The van der Waals surface area contributed by atoms with Gasteiger partial charge < -0.3 is 8.98 Å². The molecule has 0 aliphatic carbocycles. The summed E-state index contributed by atoms with van der Waals surface area (Å²) in [6.45, 7) is 0. The van der Waals surface area contributed by atoms with Gasteiger partial charge in [0.2, 0.25) is 0 Å². The highest BCUT2D eigenvalue weighted by Crippen LogP contribution is 2.41. The smallest absolute Gasteiger partial charge is 0.182 e. The van der Waals surface area contributed by atoms with Gasteiger partial charge in [0.15, 0.2) is 8.07 Å². The predicted molar refractivity (Wildman–Crippen MR) is 264 cm³/mol. The van der Waals surface area contributed by atoms with Crippen molar-refractivity contribution in [2.75, 3.05) is 0 Å². The lowest BCUT2D eigenvalue weighted by molar-refractivity contribution is 0.670. The third kappa shape index (κ3) is 5.11. The molecule has 0 N–H and O–H groups in total. The zero-order valence-electron chi connectivity index (χ0n) is 33.6. The summed E-state index contributed by atoms with van der Waals surface area (Å²) in [5.41, 5.74) is 10.2. The Kier molecular flexibility index (Phi) is 7.89. The summed E-state index contributed by atoms with van der Waals surface area (Å²) in [6.07, 6.45) is 0. The van der Waals surface area contributed by atoms with Crippen LogP contribution in [0.2, 0.25) is 0 Å². The average molecular weight is 824 g/mol. The molecule has 4 heteroatoms. The molecule has 0 saturated carbocycles. The Balaban J connectivity index is 1.10. The van der Waals surface area contributed by atoms with Gasteiger partial charge in [-0.2, -0.15) is 0 Å². The van der Waals surface area contributed by atoms with Crippen molar-refractivity contribution in [3.8, 4) is 27.9 Å². The SMILES string of the molecule is c1ccc(-c2ccc([Si]3(c4cccc5c(-n6c7ccccc7c7ccccc76)cccc45)c4ccccc4Sc4cc(-c5cccc6c5oc5ccccc56)ccc43)cc2)cc1. The zero-order valence-corrected chi connectivity index (χ0v) is 35.4. The van der Waals surface area contributed by atoms with Crippen LogP contribution in [0.25, 0.3) is 82.5 Å². The second-order valence-corrected chi connectivity index (χ2v) is 21.1. The number of fused-ring (bicyclic) bond motifs is 9. The maximum absolute atomic E-state index is 6.61. The minimum atomic E-state index is -3.04. The van der Waals surface area contributed by atoms with Crippen molar-refractivity contribution in [3.05, 3.63) is 224 Å². The summed E-state index contributed by atoms with van der Waals surface area (Å²) in [5, 5.41) is 12.9. The molecule has 3 heterocycles. The fourth-order valence-electron chi connectivity index (χ4n) is 10.5. The van der Waals surface area contributed by atoms with E-state index in [-0.39, 0.29) is 0 Å². The van der Waals surface area contributed by atoms with Crippen LogP contribution >= 0.6 is 11.8 Å². The highest BCUT2D eigenvalue weighted by atomic mass is 32.2. The number of aromatic nitrogens is 1. The first-order chi connectivity index (χ1) is 30.8. The number of para-hydroxylation sites is 4. The molecule has 0 saturated heterocycles. The second kappa shape index (κ2) is 13.8. The van der Waals surface area contributed by atoms with E-state index in [2.05, 4.69) is 223 Å². The monoisotopic (exact) mass is 823 g/mol. The minimum Gasteiger partial charge on any atom is -0.455 e. The summed E-state index contributed by atoms with van der Waals surface area (Å²) < 4.78 is 9.08. The van der Waals surface area contributed by atoms with Crippen LogP contribution in [0, 0.1) is 0 Å². The molecule has 12 aromatic rings. The fraction of sp³-hybridized carbons (Fsp3) is 0. The van der Waals surface area contributed by atoms with Crippen LogP contribution in [0.15, 0.2) is 239 Å². The molecule has 0 spiro atoms. The maximum atomic E-state index is 6.61. The Hall–Kier alpha value is -7.37. The fourth-order valence-corrected chi connectivity index (χ4v) is 17.6. The van der Waals surface area contributed by atoms with Crippen molar-refractivity contribution >= 4 is 95.1 Å². The molecular formula is C58H37NOSSi. The van der Waals surface area contributed by atoms with Crippen molar-refractivity contribution in [3.63, 3.8) is 0 Å². The van der Waals surface area contributed by atoms with E-state index in [1.165, 1.54) is 79.9 Å². The van der Waals surface area contributed by atoms with Gasteiger partial charge in [-0.3, -0.25) is 0 Å². The van der Waals surface area contributed by atoms with Gasteiger partial charge in [-0.25, -0.2) is 0 Å². The molecule has 290 valence electrons. The van der Waals surface area contributed by atoms with Gasteiger partial charge in [-0.15, -0.1) is 0 Å². The van der Waals surface area contributed by atoms with Crippen molar-refractivity contribution in [1.82, 2.24) is 4.57 Å². The van der Waals surface area contributed by atoms with Crippen LogP contribution in [0.5, 0.6) is 0 Å². The minimum absolute atomic E-state index is 0.915. The number of nitrogens with zero attached hydrogens (tertiary/aromatic N) is 1. The molecule has 13 rings (SSSR count). The number of hydrogen-bond acceptors (Lipinski definition) is 2. The van der Waals surface area contributed by atoms with E-state index in [1.54, 1.807) is 0 Å².